The van der Waals surface area contributed by atoms with Crippen LogP contribution in [0.5, 0.6) is 0 Å². The molecule has 0 bridgehead atoms. The van der Waals surface area contributed by atoms with Crippen molar-refractivity contribution in [2.75, 3.05) is 0 Å². The third-order valence-corrected chi connectivity index (χ3v) is 3.77. The average molecular weight is 221 g/mol. The zero-order valence-electron chi connectivity index (χ0n) is 6.59. The summed E-state index contributed by atoms with van der Waals surface area (Å²) >= 11 is 3.54. The number of rotatable bonds is 1. The van der Waals surface area contributed by atoms with Gasteiger partial charge in [-0.1, -0.05) is 22.9 Å². The molecule has 1 saturated carbocycles. The molecule has 1 rings (SSSR count). The molecule has 0 aliphatic heterocycles. The van der Waals surface area contributed by atoms with Crippen LogP contribution in [-0.2, 0) is 4.79 Å². The van der Waals surface area contributed by atoms with Gasteiger partial charge in [-0.25, -0.2) is 0 Å². The second-order valence-electron chi connectivity index (χ2n) is 3.34. The van der Waals surface area contributed by atoms with Crippen LogP contribution in [0, 0.1) is 11.8 Å². The van der Waals surface area contributed by atoms with E-state index in [-0.39, 0.29) is 5.92 Å². The zero-order valence-corrected chi connectivity index (χ0v) is 8.17. The lowest BCUT2D eigenvalue weighted by Crippen LogP contribution is -2.27. The highest BCUT2D eigenvalue weighted by Crippen LogP contribution is 2.33. The fraction of sp³-hybridized carbons (Fsp3) is 0.875. The summed E-state index contributed by atoms with van der Waals surface area (Å²) in [5.74, 6) is -0.222. The van der Waals surface area contributed by atoms with Gasteiger partial charge in [0, 0.05) is 4.83 Å². The Bertz CT molecular complexity index is 158. The molecule has 0 spiro atoms. The highest BCUT2D eigenvalue weighted by atomic mass is 79.9. The quantitative estimate of drug-likeness (QED) is 0.689. The number of carbonyl (C=O) groups is 1. The predicted octanol–water partition coefficient (Wildman–Crippen LogP) is 2.27. The lowest BCUT2D eigenvalue weighted by Gasteiger charge is -2.28. The zero-order chi connectivity index (χ0) is 8.43. The average Bonchev–Trinajstić information content (AvgIpc) is 1.94. The highest BCUT2D eigenvalue weighted by molar-refractivity contribution is 9.09. The van der Waals surface area contributed by atoms with Crippen molar-refractivity contribution in [3.05, 3.63) is 0 Å². The molecule has 3 heteroatoms. The number of aliphatic carboxylic acids is 1. The van der Waals surface area contributed by atoms with Gasteiger partial charge in [0.1, 0.15) is 0 Å². The van der Waals surface area contributed by atoms with E-state index in [1.165, 1.54) is 0 Å². The second kappa shape index (κ2) is 3.57. The lowest BCUT2D eigenvalue weighted by molar-refractivity contribution is -0.143. The van der Waals surface area contributed by atoms with Gasteiger partial charge < -0.3 is 5.11 Å². The Morgan fingerprint density at radius 3 is 2.64 bits per heavy atom. The molecule has 0 saturated heterocycles. The molecule has 0 amide bonds. The molecule has 64 valence electrons. The molecule has 0 aromatic rings. The van der Waals surface area contributed by atoms with Crippen molar-refractivity contribution >= 4 is 21.9 Å². The number of hydrogen-bond acceptors (Lipinski definition) is 1. The molecule has 0 aromatic carbocycles. The SMILES string of the molecule is C[C@@H]1C[C@H](C(=O)O)CC[C@@H]1Br. The first-order chi connectivity index (χ1) is 5.11. The van der Waals surface area contributed by atoms with Crippen molar-refractivity contribution in [3.63, 3.8) is 0 Å². The largest absolute Gasteiger partial charge is 0.481 e. The van der Waals surface area contributed by atoms with Crippen molar-refractivity contribution in [2.45, 2.75) is 31.0 Å². The van der Waals surface area contributed by atoms with Crippen LogP contribution in [-0.4, -0.2) is 15.9 Å². The minimum Gasteiger partial charge on any atom is -0.481 e. The van der Waals surface area contributed by atoms with Gasteiger partial charge in [0.25, 0.3) is 0 Å². The number of alkyl halides is 1. The minimum atomic E-state index is -0.628. The summed E-state index contributed by atoms with van der Waals surface area (Å²) in [5, 5.41) is 8.73. The Hall–Kier alpha value is -0.0500. The first-order valence-corrected chi connectivity index (χ1v) is 4.89. The fourth-order valence-electron chi connectivity index (χ4n) is 1.58. The number of carboxylic acids is 1. The number of halogens is 1. The molecular weight excluding hydrogens is 208 g/mol. The van der Waals surface area contributed by atoms with Crippen molar-refractivity contribution in [3.8, 4) is 0 Å². The Morgan fingerprint density at radius 1 is 1.55 bits per heavy atom. The summed E-state index contributed by atoms with van der Waals surface area (Å²) in [7, 11) is 0. The smallest absolute Gasteiger partial charge is 0.306 e. The molecule has 11 heavy (non-hydrogen) atoms. The van der Waals surface area contributed by atoms with E-state index in [0.717, 1.165) is 19.3 Å². The molecular formula is C8H13BrO2. The van der Waals surface area contributed by atoms with Crippen LogP contribution in [0.4, 0.5) is 0 Å². The number of carboxylic acid groups (broad SMARTS) is 1. The van der Waals surface area contributed by atoms with Gasteiger partial charge in [-0.15, -0.1) is 0 Å². The standard InChI is InChI=1S/C8H13BrO2/c1-5-4-6(8(10)11)2-3-7(5)9/h5-7H,2-4H2,1H3,(H,10,11)/t5-,6-,7+/m1/s1. The topological polar surface area (TPSA) is 37.3 Å². The first kappa shape index (κ1) is 9.04. The summed E-state index contributed by atoms with van der Waals surface area (Å²) in [5.41, 5.74) is 0. The van der Waals surface area contributed by atoms with E-state index in [4.69, 9.17) is 5.11 Å². The summed E-state index contributed by atoms with van der Waals surface area (Å²) in [4.78, 5) is 11.1. The molecule has 1 aliphatic rings. The Kier molecular flexibility index (Phi) is 2.93. The van der Waals surface area contributed by atoms with Gasteiger partial charge in [-0.05, 0) is 25.2 Å². The van der Waals surface area contributed by atoms with Crippen molar-refractivity contribution in [1.82, 2.24) is 0 Å². The monoisotopic (exact) mass is 220 g/mol. The van der Waals surface area contributed by atoms with E-state index in [1.807, 2.05) is 0 Å². The molecule has 0 aromatic heterocycles. The Balaban J connectivity index is 2.46. The van der Waals surface area contributed by atoms with E-state index >= 15 is 0 Å². The lowest BCUT2D eigenvalue weighted by atomic mass is 9.82. The maximum Gasteiger partial charge on any atom is 0.306 e. The third-order valence-electron chi connectivity index (χ3n) is 2.41. The van der Waals surface area contributed by atoms with Crippen LogP contribution in [0.2, 0.25) is 0 Å². The summed E-state index contributed by atoms with van der Waals surface area (Å²) in [6, 6.07) is 0. The van der Waals surface area contributed by atoms with Crippen molar-refractivity contribution in [2.24, 2.45) is 11.8 Å². The normalized spacial score (nSPS) is 38.5. The van der Waals surface area contributed by atoms with Crippen LogP contribution in [0.1, 0.15) is 26.2 Å². The van der Waals surface area contributed by atoms with E-state index in [0.29, 0.717) is 10.7 Å². The van der Waals surface area contributed by atoms with Gasteiger partial charge in [-0.2, -0.15) is 0 Å². The maximum atomic E-state index is 10.6. The molecule has 1 N–H and O–H groups in total. The van der Waals surface area contributed by atoms with E-state index in [9.17, 15) is 4.79 Å². The molecule has 2 nitrogen and oxygen atoms in total. The van der Waals surface area contributed by atoms with Gasteiger partial charge in [0.2, 0.25) is 0 Å². The predicted molar refractivity (Wildman–Crippen MR) is 46.9 cm³/mol. The molecule has 0 radical (unpaired) electrons. The summed E-state index contributed by atoms with van der Waals surface area (Å²) < 4.78 is 0. The third kappa shape index (κ3) is 2.19. The van der Waals surface area contributed by atoms with Gasteiger partial charge in [0.15, 0.2) is 0 Å². The fourth-order valence-corrected chi connectivity index (χ4v) is 2.06. The summed E-state index contributed by atoms with van der Waals surface area (Å²) in [6.07, 6.45) is 2.65. The van der Waals surface area contributed by atoms with Gasteiger partial charge >= 0.3 is 5.97 Å². The molecule has 0 unspecified atom stereocenters. The molecule has 1 aliphatic carbocycles. The number of hydrogen-bond donors (Lipinski definition) is 1. The van der Waals surface area contributed by atoms with Crippen molar-refractivity contribution in [1.29, 1.82) is 0 Å². The first-order valence-electron chi connectivity index (χ1n) is 3.98. The van der Waals surface area contributed by atoms with Gasteiger partial charge in [-0.3, -0.25) is 4.79 Å². The minimum absolute atomic E-state index is 0.0983. The van der Waals surface area contributed by atoms with Crippen LogP contribution in [0.25, 0.3) is 0 Å². The Labute approximate surface area is 75.1 Å². The molecule has 1 fully saturated rings. The van der Waals surface area contributed by atoms with E-state index in [2.05, 4.69) is 22.9 Å². The van der Waals surface area contributed by atoms with Crippen LogP contribution in [0.15, 0.2) is 0 Å². The van der Waals surface area contributed by atoms with Crippen LogP contribution in [0.3, 0.4) is 0 Å². The molecule has 3 atom stereocenters. The molecule has 0 heterocycles. The summed E-state index contributed by atoms with van der Waals surface area (Å²) in [6.45, 7) is 2.11. The van der Waals surface area contributed by atoms with E-state index in [1.54, 1.807) is 0 Å². The van der Waals surface area contributed by atoms with Crippen molar-refractivity contribution < 1.29 is 9.90 Å². The van der Waals surface area contributed by atoms with Crippen LogP contribution < -0.4 is 0 Å². The Morgan fingerprint density at radius 2 is 2.18 bits per heavy atom. The maximum absolute atomic E-state index is 10.6. The highest BCUT2D eigenvalue weighted by Gasteiger charge is 2.29. The van der Waals surface area contributed by atoms with E-state index < -0.39 is 5.97 Å². The van der Waals surface area contributed by atoms with Gasteiger partial charge in [0.05, 0.1) is 5.92 Å². The second-order valence-corrected chi connectivity index (χ2v) is 4.52. The van der Waals surface area contributed by atoms with Crippen LogP contribution >= 0.6 is 15.9 Å².